The first-order valence-electron chi connectivity index (χ1n) is 14.1. The lowest BCUT2D eigenvalue weighted by Crippen LogP contribution is -2.41. The Morgan fingerprint density at radius 3 is 2.62 bits per heavy atom. The topological polar surface area (TPSA) is 125 Å². The van der Waals surface area contributed by atoms with Gasteiger partial charge < -0.3 is 15.5 Å². The molecule has 1 aliphatic heterocycles. The van der Waals surface area contributed by atoms with Crippen molar-refractivity contribution in [3.8, 4) is 9.88 Å². The summed E-state index contributed by atoms with van der Waals surface area (Å²) in [5.74, 6) is 1.40. The third-order valence-electron chi connectivity index (χ3n) is 6.88. The van der Waals surface area contributed by atoms with Crippen LogP contribution in [0.1, 0.15) is 43.9 Å². The lowest BCUT2D eigenvalue weighted by atomic mass is 10.1. The summed E-state index contributed by atoms with van der Waals surface area (Å²) in [5, 5.41) is 11.6. The molecule has 1 atom stereocenters. The molecule has 10 nitrogen and oxygen atoms in total. The van der Waals surface area contributed by atoms with E-state index in [0.29, 0.717) is 30.9 Å². The van der Waals surface area contributed by atoms with Crippen LogP contribution in [0.5, 0.6) is 0 Å². The number of nitrogens with zero attached hydrogens (tertiary/aromatic N) is 5. The average molecular weight is 625 g/mol. The third-order valence-corrected chi connectivity index (χ3v) is 10.3. The van der Waals surface area contributed by atoms with Crippen molar-refractivity contribution < 1.29 is 8.42 Å². The smallest absolute Gasteiger partial charge is 0.240 e. The molecule has 0 radical (unpaired) electrons. The molecule has 4 aromatic rings. The number of aromatic nitrogens is 4. The van der Waals surface area contributed by atoms with Crippen LogP contribution in [-0.2, 0) is 23.0 Å². The summed E-state index contributed by atoms with van der Waals surface area (Å²) in [4.78, 5) is 22.2. The molecule has 1 saturated heterocycles. The number of thiophene rings is 1. The number of benzene rings is 1. The number of hydrogen-bond acceptors (Lipinski definition) is 11. The Morgan fingerprint density at radius 1 is 1.07 bits per heavy atom. The van der Waals surface area contributed by atoms with E-state index in [9.17, 15) is 8.42 Å². The molecule has 4 heterocycles. The Morgan fingerprint density at radius 2 is 1.88 bits per heavy atom. The van der Waals surface area contributed by atoms with E-state index in [-0.39, 0.29) is 17.5 Å². The Labute approximate surface area is 255 Å². The van der Waals surface area contributed by atoms with E-state index in [0.717, 1.165) is 59.8 Å². The summed E-state index contributed by atoms with van der Waals surface area (Å²) in [6, 6.07) is 11.1. The first kappa shape index (κ1) is 30.1. The van der Waals surface area contributed by atoms with Crippen molar-refractivity contribution in [2.24, 2.45) is 0 Å². The van der Waals surface area contributed by atoms with E-state index in [2.05, 4.69) is 49.8 Å². The number of anilines is 3. The standard InChI is InChI=1S/C29H36N8O2S3/c1-3-5-15-30-27-34-28(31-18-22-20-41-26(33-22)25-10-7-17-40-25)36-29(35-27)37-16-6-9-23(37)19-32-42(38,39)24-13-11-21(8-4-2)12-14-24/h3,7,10-14,17,20,23,32H,1,4-6,8-9,15-16,18-19H2,2H3,(H2,30,31,34,35,36). The second-order valence-corrected chi connectivity index (χ2v) is 13.6. The van der Waals surface area contributed by atoms with Gasteiger partial charge in [0.15, 0.2) is 0 Å². The summed E-state index contributed by atoms with van der Waals surface area (Å²) >= 11 is 3.28. The molecule has 0 saturated carbocycles. The Bertz CT molecular complexity index is 1560. The van der Waals surface area contributed by atoms with E-state index in [4.69, 9.17) is 9.97 Å². The molecule has 13 heteroatoms. The van der Waals surface area contributed by atoms with Crippen LogP contribution >= 0.6 is 22.7 Å². The van der Waals surface area contributed by atoms with Gasteiger partial charge in [0, 0.05) is 31.1 Å². The molecular weight excluding hydrogens is 589 g/mol. The fraction of sp³-hybridized carbons (Fsp3) is 0.379. The van der Waals surface area contributed by atoms with Gasteiger partial charge in [-0.1, -0.05) is 37.6 Å². The van der Waals surface area contributed by atoms with Gasteiger partial charge in [0.25, 0.3) is 0 Å². The molecule has 3 aromatic heterocycles. The van der Waals surface area contributed by atoms with Crippen LogP contribution in [-0.4, -0.2) is 54.0 Å². The van der Waals surface area contributed by atoms with Gasteiger partial charge in [-0.05, 0) is 54.8 Å². The Hall–Kier alpha value is -3.39. The first-order chi connectivity index (χ1) is 20.4. The van der Waals surface area contributed by atoms with Crippen molar-refractivity contribution in [2.45, 2.75) is 56.5 Å². The molecule has 0 amide bonds. The van der Waals surface area contributed by atoms with Crippen molar-refractivity contribution >= 4 is 50.5 Å². The first-order valence-corrected chi connectivity index (χ1v) is 17.4. The summed E-state index contributed by atoms with van der Waals surface area (Å²) in [5.41, 5.74) is 2.04. The van der Waals surface area contributed by atoms with Gasteiger partial charge in [0.1, 0.15) is 5.01 Å². The molecule has 1 fully saturated rings. The molecule has 0 spiro atoms. The molecular formula is C29H36N8O2S3. The van der Waals surface area contributed by atoms with Gasteiger partial charge in [0.05, 0.1) is 22.0 Å². The highest BCUT2D eigenvalue weighted by atomic mass is 32.2. The largest absolute Gasteiger partial charge is 0.354 e. The van der Waals surface area contributed by atoms with Gasteiger partial charge in [-0.25, -0.2) is 18.1 Å². The van der Waals surface area contributed by atoms with Gasteiger partial charge >= 0.3 is 0 Å². The highest BCUT2D eigenvalue weighted by Gasteiger charge is 2.29. The number of sulfonamides is 1. The SMILES string of the molecule is C=CCCNc1nc(NCc2csc(-c3cccs3)n2)nc(N2CCCC2CNS(=O)(=O)c2ccc(CCC)cc2)n1. The number of hydrogen-bond donors (Lipinski definition) is 3. The van der Waals surface area contributed by atoms with E-state index in [1.807, 2.05) is 35.0 Å². The fourth-order valence-corrected chi connectivity index (χ4v) is 7.44. The maximum atomic E-state index is 13.0. The van der Waals surface area contributed by atoms with Gasteiger partial charge in [-0.2, -0.15) is 15.0 Å². The number of rotatable bonds is 15. The molecule has 1 aromatic carbocycles. The van der Waals surface area contributed by atoms with Gasteiger partial charge in [-0.3, -0.25) is 0 Å². The molecule has 3 N–H and O–H groups in total. The second kappa shape index (κ2) is 14.2. The zero-order valence-electron chi connectivity index (χ0n) is 23.6. The molecule has 0 aliphatic carbocycles. The van der Waals surface area contributed by atoms with E-state index < -0.39 is 10.0 Å². The van der Waals surface area contributed by atoms with Gasteiger partial charge in [-0.15, -0.1) is 29.3 Å². The van der Waals surface area contributed by atoms with Gasteiger partial charge in [0.2, 0.25) is 27.9 Å². The normalized spacial score (nSPS) is 15.2. The summed E-state index contributed by atoms with van der Waals surface area (Å²) in [6.07, 6.45) is 6.29. The lowest BCUT2D eigenvalue weighted by Gasteiger charge is -2.25. The Balaban J connectivity index is 1.28. The van der Waals surface area contributed by atoms with Crippen LogP contribution in [0.15, 0.2) is 64.7 Å². The quantitative estimate of drug-likeness (QED) is 0.115. The van der Waals surface area contributed by atoms with Crippen molar-refractivity contribution in [1.29, 1.82) is 0 Å². The van der Waals surface area contributed by atoms with E-state index >= 15 is 0 Å². The van der Waals surface area contributed by atoms with Crippen molar-refractivity contribution in [3.05, 3.63) is 71.1 Å². The minimum atomic E-state index is -3.64. The molecule has 0 bridgehead atoms. The van der Waals surface area contributed by atoms with E-state index in [1.54, 1.807) is 34.8 Å². The fourth-order valence-electron chi connectivity index (χ4n) is 4.73. The highest BCUT2D eigenvalue weighted by Crippen LogP contribution is 2.28. The molecule has 42 heavy (non-hydrogen) atoms. The average Bonchev–Trinajstić information content (AvgIpc) is 3.78. The minimum Gasteiger partial charge on any atom is -0.354 e. The van der Waals surface area contributed by atoms with Crippen LogP contribution in [0.2, 0.25) is 0 Å². The highest BCUT2D eigenvalue weighted by molar-refractivity contribution is 7.89. The van der Waals surface area contributed by atoms with Crippen molar-refractivity contribution in [1.82, 2.24) is 24.7 Å². The van der Waals surface area contributed by atoms with Crippen LogP contribution in [0.3, 0.4) is 0 Å². The number of thiazole rings is 1. The Kier molecular flexibility index (Phi) is 10.2. The molecule has 1 unspecified atom stereocenters. The molecule has 222 valence electrons. The monoisotopic (exact) mass is 624 g/mol. The maximum absolute atomic E-state index is 13.0. The van der Waals surface area contributed by atoms with Crippen LogP contribution in [0.4, 0.5) is 17.8 Å². The van der Waals surface area contributed by atoms with E-state index in [1.165, 1.54) is 0 Å². The number of aryl methyl sites for hydroxylation is 1. The predicted octanol–water partition coefficient (Wildman–Crippen LogP) is 5.56. The van der Waals surface area contributed by atoms with Crippen LogP contribution < -0.4 is 20.3 Å². The predicted molar refractivity (Wildman–Crippen MR) is 172 cm³/mol. The zero-order valence-corrected chi connectivity index (χ0v) is 26.1. The summed E-state index contributed by atoms with van der Waals surface area (Å²) in [6.45, 7) is 7.99. The van der Waals surface area contributed by atoms with Crippen LogP contribution in [0.25, 0.3) is 9.88 Å². The maximum Gasteiger partial charge on any atom is 0.240 e. The zero-order chi connectivity index (χ0) is 29.4. The summed E-state index contributed by atoms with van der Waals surface area (Å²) in [7, 11) is -3.64. The summed E-state index contributed by atoms with van der Waals surface area (Å²) < 4.78 is 28.9. The van der Waals surface area contributed by atoms with Crippen molar-refractivity contribution in [2.75, 3.05) is 35.2 Å². The lowest BCUT2D eigenvalue weighted by molar-refractivity contribution is 0.565. The molecule has 1 aliphatic rings. The van der Waals surface area contributed by atoms with Crippen molar-refractivity contribution in [3.63, 3.8) is 0 Å². The van der Waals surface area contributed by atoms with Crippen LogP contribution in [0, 0.1) is 0 Å². The number of nitrogens with one attached hydrogen (secondary N) is 3. The second-order valence-electron chi connectivity index (χ2n) is 10.00. The minimum absolute atomic E-state index is 0.0812. The third kappa shape index (κ3) is 7.71. The molecule has 5 rings (SSSR count).